The van der Waals surface area contributed by atoms with E-state index in [2.05, 4.69) is 216 Å². The number of rotatable bonds is 7. The minimum Gasteiger partial charge on any atom is -0.311 e. The predicted molar refractivity (Wildman–Crippen MR) is 212 cm³/mol. The fraction of sp³-hybridized carbons (Fsp3) is 0. The summed E-state index contributed by atoms with van der Waals surface area (Å²) in [5.74, 6) is 0. The molecule has 0 saturated heterocycles. The van der Waals surface area contributed by atoms with Gasteiger partial charge in [-0.05, 0) is 100 Å². The highest BCUT2D eigenvalue weighted by atomic mass is 15.1. The van der Waals surface area contributed by atoms with E-state index in [0.29, 0.717) is 0 Å². The molecule has 2 nitrogen and oxygen atoms in total. The number of hydrogen-bond acceptors (Lipinski definition) is 1. The summed E-state index contributed by atoms with van der Waals surface area (Å²) >= 11 is 0. The maximum atomic E-state index is 2.38. The molecule has 0 amide bonds. The van der Waals surface area contributed by atoms with Crippen molar-refractivity contribution < 1.29 is 0 Å². The van der Waals surface area contributed by atoms with E-state index in [4.69, 9.17) is 0 Å². The SMILES string of the molecule is c1ccc(-c2ccc(N(c3ccccc3)c3ccc(-c4ccc5c(c4)c4ccccc4n5-c4ccc(-c5ccccc5)cc4)cc3)cc2)cc1. The van der Waals surface area contributed by atoms with Crippen LogP contribution in [0.15, 0.2) is 206 Å². The maximum absolute atomic E-state index is 2.38. The Labute approximate surface area is 292 Å². The second-order valence-corrected chi connectivity index (χ2v) is 12.6. The van der Waals surface area contributed by atoms with Crippen molar-refractivity contribution in [3.8, 4) is 39.1 Å². The Morgan fingerprint density at radius 2 is 0.680 bits per heavy atom. The molecule has 0 radical (unpaired) electrons. The Bertz CT molecular complexity index is 2530. The number of para-hydroxylation sites is 2. The normalized spacial score (nSPS) is 11.2. The summed E-state index contributed by atoms with van der Waals surface area (Å²) in [6, 6.07) is 73.9. The molecule has 50 heavy (non-hydrogen) atoms. The number of hydrogen-bond donors (Lipinski definition) is 0. The van der Waals surface area contributed by atoms with Gasteiger partial charge in [0.25, 0.3) is 0 Å². The Morgan fingerprint density at radius 3 is 1.26 bits per heavy atom. The van der Waals surface area contributed by atoms with Gasteiger partial charge >= 0.3 is 0 Å². The highest BCUT2D eigenvalue weighted by Crippen LogP contribution is 2.38. The topological polar surface area (TPSA) is 8.17 Å². The molecule has 0 fully saturated rings. The smallest absolute Gasteiger partial charge is 0.0541 e. The van der Waals surface area contributed by atoms with Crippen LogP contribution < -0.4 is 4.90 Å². The molecule has 0 N–H and O–H groups in total. The second-order valence-electron chi connectivity index (χ2n) is 12.6. The molecule has 0 aliphatic heterocycles. The highest BCUT2D eigenvalue weighted by Gasteiger charge is 2.15. The van der Waals surface area contributed by atoms with E-state index in [1.807, 2.05) is 0 Å². The van der Waals surface area contributed by atoms with E-state index in [0.717, 1.165) is 22.7 Å². The van der Waals surface area contributed by atoms with Gasteiger partial charge in [-0.1, -0.05) is 140 Å². The maximum Gasteiger partial charge on any atom is 0.0541 e. The summed E-state index contributed by atoms with van der Waals surface area (Å²) in [4.78, 5) is 2.32. The molecule has 0 aliphatic rings. The summed E-state index contributed by atoms with van der Waals surface area (Å²) in [5, 5.41) is 2.50. The van der Waals surface area contributed by atoms with Gasteiger partial charge in [0.05, 0.1) is 11.0 Å². The van der Waals surface area contributed by atoms with Crippen LogP contribution in [0.5, 0.6) is 0 Å². The van der Waals surface area contributed by atoms with Crippen LogP contribution in [0, 0.1) is 0 Å². The Hall–Kier alpha value is -6.64. The Morgan fingerprint density at radius 1 is 0.280 bits per heavy atom. The van der Waals surface area contributed by atoms with Crippen molar-refractivity contribution in [3.63, 3.8) is 0 Å². The van der Waals surface area contributed by atoms with Gasteiger partial charge < -0.3 is 9.47 Å². The molecule has 9 aromatic rings. The molecular weight excluding hydrogens is 605 g/mol. The zero-order chi connectivity index (χ0) is 33.3. The van der Waals surface area contributed by atoms with Crippen LogP contribution in [0.2, 0.25) is 0 Å². The van der Waals surface area contributed by atoms with E-state index < -0.39 is 0 Å². The van der Waals surface area contributed by atoms with Gasteiger partial charge in [0, 0.05) is 33.5 Å². The summed E-state index contributed by atoms with van der Waals surface area (Å²) in [6.07, 6.45) is 0. The molecule has 0 unspecified atom stereocenters. The lowest BCUT2D eigenvalue weighted by molar-refractivity contribution is 1.18. The number of fused-ring (bicyclic) bond motifs is 3. The molecule has 0 bridgehead atoms. The van der Waals surface area contributed by atoms with Gasteiger partial charge in [-0.25, -0.2) is 0 Å². The molecule has 0 atom stereocenters. The third-order valence-corrected chi connectivity index (χ3v) is 9.61. The number of aromatic nitrogens is 1. The van der Waals surface area contributed by atoms with Crippen LogP contribution in [0.3, 0.4) is 0 Å². The average Bonchev–Trinajstić information content (AvgIpc) is 3.53. The van der Waals surface area contributed by atoms with Crippen molar-refractivity contribution in [1.29, 1.82) is 0 Å². The van der Waals surface area contributed by atoms with Crippen molar-refractivity contribution in [2.24, 2.45) is 0 Å². The van der Waals surface area contributed by atoms with Crippen molar-refractivity contribution in [3.05, 3.63) is 206 Å². The van der Waals surface area contributed by atoms with Crippen LogP contribution in [-0.4, -0.2) is 4.57 Å². The quantitative estimate of drug-likeness (QED) is 0.169. The van der Waals surface area contributed by atoms with Crippen LogP contribution in [0.1, 0.15) is 0 Å². The Balaban J connectivity index is 1.07. The predicted octanol–water partition coefficient (Wildman–Crippen LogP) is 13.3. The first-order valence-corrected chi connectivity index (χ1v) is 17.1. The monoisotopic (exact) mass is 638 g/mol. The van der Waals surface area contributed by atoms with Gasteiger partial charge in [-0.15, -0.1) is 0 Å². The minimum absolute atomic E-state index is 1.11. The molecule has 0 aliphatic carbocycles. The first-order chi connectivity index (χ1) is 24.8. The van der Waals surface area contributed by atoms with Crippen LogP contribution in [0.4, 0.5) is 17.1 Å². The molecule has 2 heteroatoms. The van der Waals surface area contributed by atoms with E-state index in [9.17, 15) is 0 Å². The molecule has 0 saturated carbocycles. The molecule has 0 spiro atoms. The molecule has 1 heterocycles. The Kier molecular flexibility index (Phi) is 7.53. The average molecular weight is 639 g/mol. The van der Waals surface area contributed by atoms with Crippen LogP contribution in [-0.2, 0) is 0 Å². The fourth-order valence-electron chi connectivity index (χ4n) is 7.12. The van der Waals surface area contributed by atoms with Crippen molar-refractivity contribution >= 4 is 38.9 Å². The minimum atomic E-state index is 1.11. The van der Waals surface area contributed by atoms with Gasteiger partial charge in [0.1, 0.15) is 0 Å². The third-order valence-electron chi connectivity index (χ3n) is 9.61. The number of anilines is 3. The third kappa shape index (κ3) is 5.43. The lowest BCUT2D eigenvalue weighted by atomic mass is 10.0. The highest BCUT2D eigenvalue weighted by molar-refractivity contribution is 6.10. The summed E-state index contributed by atoms with van der Waals surface area (Å²) in [5.41, 5.74) is 14.2. The summed E-state index contributed by atoms with van der Waals surface area (Å²) in [7, 11) is 0. The lowest BCUT2D eigenvalue weighted by Crippen LogP contribution is -2.09. The number of nitrogens with zero attached hydrogens (tertiary/aromatic N) is 2. The van der Waals surface area contributed by atoms with Gasteiger partial charge in [0.2, 0.25) is 0 Å². The van der Waals surface area contributed by atoms with Gasteiger partial charge in [-0.3, -0.25) is 0 Å². The van der Waals surface area contributed by atoms with E-state index in [1.165, 1.54) is 55.2 Å². The molecule has 8 aromatic carbocycles. The molecule has 1 aromatic heterocycles. The van der Waals surface area contributed by atoms with Crippen molar-refractivity contribution in [2.45, 2.75) is 0 Å². The first-order valence-electron chi connectivity index (χ1n) is 17.1. The second kappa shape index (κ2) is 12.8. The lowest BCUT2D eigenvalue weighted by Gasteiger charge is -2.26. The first kappa shape index (κ1) is 29.5. The van der Waals surface area contributed by atoms with Crippen LogP contribution in [0.25, 0.3) is 60.9 Å². The summed E-state index contributed by atoms with van der Waals surface area (Å²) < 4.78 is 2.38. The zero-order valence-corrected chi connectivity index (χ0v) is 27.5. The number of benzene rings is 8. The van der Waals surface area contributed by atoms with Crippen molar-refractivity contribution in [1.82, 2.24) is 4.57 Å². The van der Waals surface area contributed by atoms with E-state index >= 15 is 0 Å². The standard InChI is InChI=1S/C48H34N2/c1-4-12-35(13-5-1)37-20-27-42(28-21-37)49(41-16-8-3-9-17-41)43-29-24-39(25-30-43)40-26-33-48-46(34-40)45-18-10-11-19-47(45)50(48)44-31-22-38(23-32-44)36-14-6-2-7-15-36/h1-34H. The molecule has 236 valence electrons. The van der Waals surface area contributed by atoms with Crippen LogP contribution >= 0.6 is 0 Å². The van der Waals surface area contributed by atoms with Crippen molar-refractivity contribution in [2.75, 3.05) is 4.90 Å². The largest absolute Gasteiger partial charge is 0.311 e. The molecular formula is C48H34N2. The van der Waals surface area contributed by atoms with E-state index in [1.54, 1.807) is 0 Å². The molecule has 9 rings (SSSR count). The van der Waals surface area contributed by atoms with Gasteiger partial charge in [0.15, 0.2) is 0 Å². The van der Waals surface area contributed by atoms with E-state index in [-0.39, 0.29) is 0 Å². The summed E-state index contributed by atoms with van der Waals surface area (Å²) in [6.45, 7) is 0. The fourth-order valence-corrected chi connectivity index (χ4v) is 7.12. The zero-order valence-electron chi connectivity index (χ0n) is 27.5. The van der Waals surface area contributed by atoms with Gasteiger partial charge in [-0.2, -0.15) is 0 Å².